The molecule has 0 aromatic carbocycles. The van der Waals surface area contributed by atoms with Crippen LogP contribution in [-0.2, 0) is 4.79 Å². The fraction of sp³-hybridized carbons (Fsp3) is 0.933. The molecule has 2 saturated heterocycles. The highest BCUT2D eigenvalue weighted by Crippen LogP contribution is 2.28. The average molecular weight is 268 g/mol. The molecule has 2 heterocycles. The van der Waals surface area contributed by atoms with Gasteiger partial charge in [0, 0.05) is 32.2 Å². The van der Waals surface area contributed by atoms with Crippen molar-refractivity contribution in [1.29, 1.82) is 0 Å². The third-order valence-corrected chi connectivity index (χ3v) is 4.81. The first kappa shape index (κ1) is 14.8. The molecule has 2 unspecified atom stereocenters. The Morgan fingerprint density at radius 1 is 1.32 bits per heavy atom. The van der Waals surface area contributed by atoms with E-state index in [1.54, 1.807) is 0 Å². The van der Waals surface area contributed by atoms with Crippen molar-refractivity contribution in [2.75, 3.05) is 32.7 Å². The van der Waals surface area contributed by atoms with Crippen molar-refractivity contribution < 1.29 is 9.90 Å². The van der Waals surface area contributed by atoms with Gasteiger partial charge in [0.2, 0.25) is 0 Å². The van der Waals surface area contributed by atoms with E-state index in [4.69, 9.17) is 0 Å². The van der Waals surface area contributed by atoms with Crippen LogP contribution in [0.2, 0.25) is 0 Å². The van der Waals surface area contributed by atoms with Crippen LogP contribution in [0.3, 0.4) is 0 Å². The summed E-state index contributed by atoms with van der Waals surface area (Å²) in [6.07, 6.45) is 5.66. The highest BCUT2D eigenvalue weighted by atomic mass is 16.4. The van der Waals surface area contributed by atoms with Crippen LogP contribution >= 0.6 is 0 Å². The van der Waals surface area contributed by atoms with E-state index in [2.05, 4.69) is 16.7 Å². The van der Waals surface area contributed by atoms with Crippen LogP contribution in [0.15, 0.2) is 0 Å². The Bertz CT molecular complexity index is 321. The van der Waals surface area contributed by atoms with Crippen LogP contribution in [-0.4, -0.2) is 59.6 Å². The third-order valence-electron chi connectivity index (χ3n) is 4.81. The highest BCUT2D eigenvalue weighted by molar-refractivity contribution is 5.74. The molecular formula is C15H28N2O2. The van der Waals surface area contributed by atoms with E-state index in [1.165, 1.54) is 25.8 Å². The van der Waals surface area contributed by atoms with Gasteiger partial charge < -0.3 is 5.11 Å². The Labute approximate surface area is 116 Å². The van der Waals surface area contributed by atoms with E-state index in [0.717, 1.165) is 32.5 Å². The second-order valence-electron chi connectivity index (χ2n) is 6.54. The molecule has 1 N–H and O–H groups in total. The van der Waals surface area contributed by atoms with Crippen molar-refractivity contribution in [3.8, 4) is 0 Å². The summed E-state index contributed by atoms with van der Waals surface area (Å²) in [5, 5.41) is 9.49. The summed E-state index contributed by atoms with van der Waals surface area (Å²) < 4.78 is 0. The number of fused-ring (bicyclic) bond motifs is 1. The first-order chi connectivity index (χ1) is 9.05. The lowest BCUT2D eigenvalue weighted by Crippen LogP contribution is -2.57. The molecule has 110 valence electrons. The Hall–Kier alpha value is -0.610. The number of aliphatic carboxylic acids is 1. The lowest BCUT2D eigenvalue weighted by atomic mass is 9.84. The second-order valence-corrected chi connectivity index (χ2v) is 6.54. The Morgan fingerprint density at radius 3 is 2.79 bits per heavy atom. The number of hydrogen-bond donors (Lipinski definition) is 1. The quantitative estimate of drug-likeness (QED) is 0.829. The van der Waals surface area contributed by atoms with E-state index in [-0.39, 0.29) is 0 Å². The Balaban J connectivity index is 1.93. The van der Waals surface area contributed by atoms with Gasteiger partial charge in [-0.15, -0.1) is 0 Å². The number of rotatable bonds is 5. The van der Waals surface area contributed by atoms with Crippen molar-refractivity contribution in [3.05, 3.63) is 0 Å². The molecule has 0 amide bonds. The first-order valence-electron chi connectivity index (χ1n) is 7.75. The maximum Gasteiger partial charge on any atom is 0.310 e. The summed E-state index contributed by atoms with van der Waals surface area (Å²) in [5.74, 6) is -0.638. The van der Waals surface area contributed by atoms with E-state index in [0.29, 0.717) is 12.6 Å². The standard InChI is InChI=1S/C15H28N2O2/c1-3-7-15(2,14(18)19)12-16-9-10-17-8-5-4-6-13(17)11-16/h13H,3-12H2,1-2H3,(H,18,19). The van der Waals surface area contributed by atoms with E-state index in [9.17, 15) is 9.90 Å². The lowest BCUT2D eigenvalue weighted by Gasteiger charge is -2.45. The smallest absolute Gasteiger partial charge is 0.310 e. The zero-order valence-electron chi connectivity index (χ0n) is 12.4. The average Bonchev–Trinajstić information content (AvgIpc) is 2.38. The van der Waals surface area contributed by atoms with Gasteiger partial charge in [0.1, 0.15) is 0 Å². The van der Waals surface area contributed by atoms with Crippen LogP contribution in [0, 0.1) is 5.41 Å². The minimum absolute atomic E-state index is 0.578. The second kappa shape index (κ2) is 6.23. The SMILES string of the molecule is CCCC(C)(CN1CCN2CCCCC2C1)C(=O)O. The molecule has 0 bridgehead atoms. The molecule has 2 rings (SSSR count). The van der Waals surface area contributed by atoms with E-state index < -0.39 is 11.4 Å². The number of carboxylic acid groups (broad SMARTS) is 1. The Kier molecular flexibility index (Phi) is 4.85. The van der Waals surface area contributed by atoms with Crippen LogP contribution in [0.5, 0.6) is 0 Å². The van der Waals surface area contributed by atoms with E-state index >= 15 is 0 Å². The lowest BCUT2D eigenvalue weighted by molar-refractivity contribution is -0.150. The van der Waals surface area contributed by atoms with Gasteiger partial charge in [0.15, 0.2) is 0 Å². The predicted octanol–water partition coefficient (Wildman–Crippen LogP) is 2.05. The molecule has 0 aromatic rings. The van der Waals surface area contributed by atoms with Crippen molar-refractivity contribution >= 4 is 5.97 Å². The summed E-state index contributed by atoms with van der Waals surface area (Å²) in [7, 11) is 0. The van der Waals surface area contributed by atoms with Crippen LogP contribution < -0.4 is 0 Å². The van der Waals surface area contributed by atoms with Gasteiger partial charge in [0.05, 0.1) is 5.41 Å². The van der Waals surface area contributed by atoms with Crippen LogP contribution in [0.1, 0.15) is 46.0 Å². The van der Waals surface area contributed by atoms with Gasteiger partial charge in [-0.2, -0.15) is 0 Å². The summed E-state index contributed by atoms with van der Waals surface area (Å²) in [6.45, 7) is 9.14. The van der Waals surface area contributed by atoms with Gasteiger partial charge in [-0.1, -0.05) is 19.8 Å². The molecule has 0 saturated carbocycles. The molecule has 0 aromatic heterocycles. The van der Waals surface area contributed by atoms with Gasteiger partial charge in [-0.3, -0.25) is 14.6 Å². The topological polar surface area (TPSA) is 43.8 Å². The first-order valence-corrected chi connectivity index (χ1v) is 7.75. The van der Waals surface area contributed by atoms with Crippen molar-refractivity contribution in [3.63, 3.8) is 0 Å². The van der Waals surface area contributed by atoms with Crippen molar-refractivity contribution in [1.82, 2.24) is 9.80 Å². The third kappa shape index (κ3) is 3.48. The fourth-order valence-corrected chi connectivity index (χ4v) is 3.66. The summed E-state index contributed by atoms with van der Waals surface area (Å²) >= 11 is 0. The monoisotopic (exact) mass is 268 g/mol. The van der Waals surface area contributed by atoms with Crippen LogP contribution in [0.25, 0.3) is 0 Å². The van der Waals surface area contributed by atoms with Gasteiger partial charge >= 0.3 is 5.97 Å². The molecule has 2 aliphatic rings. The molecule has 2 aliphatic heterocycles. The highest BCUT2D eigenvalue weighted by Gasteiger charge is 2.37. The number of carboxylic acids is 1. The molecule has 0 radical (unpaired) electrons. The maximum atomic E-state index is 11.5. The minimum atomic E-state index is -0.638. The van der Waals surface area contributed by atoms with Gasteiger partial charge in [-0.25, -0.2) is 0 Å². The predicted molar refractivity (Wildman–Crippen MR) is 76.3 cm³/mol. The summed E-state index contributed by atoms with van der Waals surface area (Å²) in [4.78, 5) is 16.5. The molecule has 2 atom stereocenters. The molecule has 4 heteroatoms. The number of nitrogens with zero attached hydrogens (tertiary/aromatic N) is 2. The number of piperidine rings is 1. The minimum Gasteiger partial charge on any atom is -0.481 e. The van der Waals surface area contributed by atoms with Crippen LogP contribution in [0.4, 0.5) is 0 Å². The molecule has 0 spiro atoms. The zero-order valence-corrected chi connectivity index (χ0v) is 12.4. The zero-order chi connectivity index (χ0) is 13.9. The molecular weight excluding hydrogens is 240 g/mol. The van der Waals surface area contributed by atoms with Gasteiger partial charge in [0.25, 0.3) is 0 Å². The maximum absolute atomic E-state index is 11.5. The molecule has 4 nitrogen and oxygen atoms in total. The fourth-order valence-electron chi connectivity index (χ4n) is 3.66. The molecule has 0 aliphatic carbocycles. The largest absolute Gasteiger partial charge is 0.481 e. The molecule has 19 heavy (non-hydrogen) atoms. The number of hydrogen-bond acceptors (Lipinski definition) is 3. The van der Waals surface area contributed by atoms with Crippen molar-refractivity contribution in [2.45, 2.75) is 52.0 Å². The number of piperazine rings is 1. The van der Waals surface area contributed by atoms with Gasteiger partial charge in [-0.05, 0) is 32.7 Å². The normalized spacial score (nSPS) is 28.6. The van der Waals surface area contributed by atoms with E-state index in [1.807, 2.05) is 6.92 Å². The summed E-state index contributed by atoms with van der Waals surface area (Å²) in [5.41, 5.74) is -0.578. The Morgan fingerprint density at radius 2 is 2.11 bits per heavy atom. The van der Waals surface area contributed by atoms with Crippen molar-refractivity contribution in [2.24, 2.45) is 5.41 Å². The number of carbonyl (C=O) groups is 1. The summed E-state index contributed by atoms with van der Waals surface area (Å²) in [6, 6.07) is 0.669. The molecule has 2 fully saturated rings.